The largest absolute Gasteiger partial charge is 0.490 e. The van der Waals surface area contributed by atoms with Crippen LogP contribution >= 0.6 is 0 Å². The molecule has 2 rings (SSSR count). The van der Waals surface area contributed by atoms with Gasteiger partial charge >= 0.3 is 0 Å². The van der Waals surface area contributed by atoms with Gasteiger partial charge in [-0.1, -0.05) is 0 Å². The Labute approximate surface area is 93.6 Å². The van der Waals surface area contributed by atoms with Gasteiger partial charge in [0.1, 0.15) is 5.82 Å². The molecule has 1 N–H and O–H groups in total. The van der Waals surface area contributed by atoms with Crippen molar-refractivity contribution in [2.45, 2.75) is 25.3 Å². The summed E-state index contributed by atoms with van der Waals surface area (Å²) < 4.78 is 30.9. The molecule has 1 saturated carbocycles. The van der Waals surface area contributed by atoms with Crippen LogP contribution in [0.4, 0.5) is 8.78 Å². The fourth-order valence-corrected chi connectivity index (χ4v) is 1.44. The van der Waals surface area contributed by atoms with Gasteiger partial charge in [-0.3, -0.25) is 0 Å². The zero-order chi connectivity index (χ0) is 11.4. The van der Waals surface area contributed by atoms with Gasteiger partial charge in [-0.2, -0.15) is 0 Å². The fourth-order valence-electron chi connectivity index (χ4n) is 1.44. The summed E-state index contributed by atoms with van der Waals surface area (Å²) in [6, 6.07) is 4.03. The number of nitrogens with one attached hydrogen (secondary N) is 1. The summed E-state index contributed by atoms with van der Waals surface area (Å²) in [5, 5.41) is 3.33. The van der Waals surface area contributed by atoms with Crippen molar-refractivity contribution in [2.24, 2.45) is 0 Å². The Morgan fingerprint density at radius 1 is 1.31 bits per heavy atom. The first-order valence-corrected chi connectivity index (χ1v) is 5.57. The molecule has 1 aliphatic carbocycles. The summed E-state index contributed by atoms with van der Waals surface area (Å²) in [5.41, 5.74) is 0. The van der Waals surface area contributed by atoms with E-state index in [2.05, 4.69) is 5.32 Å². The second kappa shape index (κ2) is 5.25. The third-order valence-electron chi connectivity index (χ3n) is 2.48. The van der Waals surface area contributed by atoms with Gasteiger partial charge < -0.3 is 10.1 Å². The molecule has 1 fully saturated rings. The Morgan fingerprint density at radius 2 is 2.12 bits per heavy atom. The van der Waals surface area contributed by atoms with Crippen LogP contribution in [0.2, 0.25) is 0 Å². The summed E-state index contributed by atoms with van der Waals surface area (Å²) in [7, 11) is 0. The summed E-state index contributed by atoms with van der Waals surface area (Å²) in [4.78, 5) is 0. The molecule has 1 aliphatic rings. The quantitative estimate of drug-likeness (QED) is 0.754. The molecular formula is C12H15F2NO. The van der Waals surface area contributed by atoms with E-state index in [9.17, 15) is 8.78 Å². The molecule has 2 nitrogen and oxygen atoms in total. The van der Waals surface area contributed by atoms with Gasteiger partial charge in [0.25, 0.3) is 0 Å². The average molecular weight is 227 g/mol. The summed E-state index contributed by atoms with van der Waals surface area (Å²) >= 11 is 0. The van der Waals surface area contributed by atoms with E-state index >= 15 is 0 Å². The molecular weight excluding hydrogens is 212 g/mol. The minimum absolute atomic E-state index is 0.118. The highest BCUT2D eigenvalue weighted by Gasteiger charge is 2.19. The van der Waals surface area contributed by atoms with Crippen molar-refractivity contribution in [3.63, 3.8) is 0 Å². The molecule has 0 radical (unpaired) electrons. The van der Waals surface area contributed by atoms with Gasteiger partial charge in [-0.15, -0.1) is 0 Å². The van der Waals surface area contributed by atoms with Gasteiger partial charge in [-0.25, -0.2) is 8.78 Å². The van der Waals surface area contributed by atoms with E-state index in [0.29, 0.717) is 12.6 Å². The molecule has 0 atom stereocenters. The SMILES string of the molecule is Fc1ccc(OCCCNC2CC2)c(F)c1. The zero-order valence-corrected chi connectivity index (χ0v) is 9.01. The third-order valence-corrected chi connectivity index (χ3v) is 2.48. The lowest BCUT2D eigenvalue weighted by Gasteiger charge is -2.07. The van der Waals surface area contributed by atoms with Gasteiger partial charge in [0.2, 0.25) is 0 Å². The Balaban J connectivity index is 1.67. The maximum atomic E-state index is 13.1. The van der Waals surface area contributed by atoms with E-state index in [1.54, 1.807) is 0 Å². The van der Waals surface area contributed by atoms with Gasteiger partial charge in [0.05, 0.1) is 6.61 Å². The topological polar surface area (TPSA) is 21.3 Å². The van der Waals surface area contributed by atoms with E-state index in [1.807, 2.05) is 0 Å². The summed E-state index contributed by atoms with van der Waals surface area (Å²) in [6.45, 7) is 1.33. The van der Waals surface area contributed by atoms with E-state index in [1.165, 1.54) is 25.0 Å². The van der Waals surface area contributed by atoms with Crippen molar-refractivity contribution >= 4 is 0 Å². The van der Waals surface area contributed by atoms with Gasteiger partial charge in [0, 0.05) is 12.1 Å². The van der Waals surface area contributed by atoms with Gasteiger partial charge in [0.15, 0.2) is 11.6 Å². The zero-order valence-electron chi connectivity index (χ0n) is 9.01. The molecule has 0 bridgehead atoms. The van der Waals surface area contributed by atoms with Crippen LogP contribution < -0.4 is 10.1 Å². The number of halogens is 2. The number of ether oxygens (including phenoxy) is 1. The summed E-state index contributed by atoms with van der Waals surface area (Å²) in [5.74, 6) is -1.11. The maximum absolute atomic E-state index is 13.1. The van der Waals surface area contributed by atoms with E-state index in [0.717, 1.165) is 19.0 Å². The molecule has 0 amide bonds. The Hall–Kier alpha value is -1.16. The third kappa shape index (κ3) is 3.45. The molecule has 0 aromatic heterocycles. The standard InChI is InChI=1S/C12H15F2NO/c13-9-2-5-12(11(14)8-9)16-7-1-6-15-10-3-4-10/h2,5,8,10,15H,1,3-4,6-7H2. The highest BCUT2D eigenvalue weighted by Crippen LogP contribution is 2.19. The lowest BCUT2D eigenvalue weighted by molar-refractivity contribution is 0.292. The van der Waals surface area contributed by atoms with Crippen molar-refractivity contribution in [1.29, 1.82) is 0 Å². The van der Waals surface area contributed by atoms with Crippen LogP contribution in [0.1, 0.15) is 19.3 Å². The predicted octanol–water partition coefficient (Wildman–Crippen LogP) is 2.49. The molecule has 1 aromatic carbocycles. The first-order chi connectivity index (χ1) is 7.75. The van der Waals surface area contributed by atoms with Crippen LogP contribution in [-0.4, -0.2) is 19.2 Å². The highest BCUT2D eigenvalue weighted by atomic mass is 19.1. The molecule has 1 aromatic rings. The smallest absolute Gasteiger partial charge is 0.167 e. The maximum Gasteiger partial charge on any atom is 0.167 e. The molecule has 0 spiro atoms. The lowest BCUT2D eigenvalue weighted by Crippen LogP contribution is -2.19. The molecule has 0 heterocycles. The first-order valence-electron chi connectivity index (χ1n) is 5.57. The Bertz CT molecular complexity index is 353. The number of rotatable bonds is 6. The second-order valence-corrected chi connectivity index (χ2v) is 4.01. The Kier molecular flexibility index (Phi) is 3.72. The monoisotopic (exact) mass is 227 g/mol. The van der Waals surface area contributed by atoms with Crippen LogP contribution in [-0.2, 0) is 0 Å². The molecule has 4 heteroatoms. The van der Waals surface area contributed by atoms with Crippen LogP contribution in [0, 0.1) is 11.6 Å². The van der Waals surface area contributed by atoms with Crippen LogP contribution in [0.5, 0.6) is 5.75 Å². The molecule has 0 saturated heterocycles. The summed E-state index contributed by atoms with van der Waals surface area (Å²) in [6.07, 6.45) is 3.34. The average Bonchev–Trinajstić information content (AvgIpc) is 3.04. The molecule has 88 valence electrons. The van der Waals surface area contributed by atoms with Crippen LogP contribution in [0.25, 0.3) is 0 Å². The van der Waals surface area contributed by atoms with Crippen molar-refractivity contribution in [2.75, 3.05) is 13.2 Å². The number of hydrogen-bond donors (Lipinski definition) is 1. The predicted molar refractivity (Wildman–Crippen MR) is 57.5 cm³/mol. The van der Waals surface area contributed by atoms with Crippen molar-refractivity contribution in [3.05, 3.63) is 29.8 Å². The lowest BCUT2D eigenvalue weighted by atomic mass is 10.3. The van der Waals surface area contributed by atoms with Gasteiger partial charge in [-0.05, 0) is 37.9 Å². The molecule has 0 unspecified atom stereocenters. The second-order valence-electron chi connectivity index (χ2n) is 4.01. The van der Waals surface area contributed by atoms with Crippen molar-refractivity contribution in [3.8, 4) is 5.75 Å². The Morgan fingerprint density at radius 3 is 2.81 bits per heavy atom. The van der Waals surface area contributed by atoms with Crippen molar-refractivity contribution in [1.82, 2.24) is 5.32 Å². The van der Waals surface area contributed by atoms with Crippen LogP contribution in [0.3, 0.4) is 0 Å². The number of hydrogen-bond acceptors (Lipinski definition) is 2. The minimum Gasteiger partial charge on any atom is -0.490 e. The minimum atomic E-state index is -0.643. The molecule has 16 heavy (non-hydrogen) atoms. The van der Waals surface area contributed by atoms with Crippen molar-refractivity contribution < 1.29 is 13.5 Å². The van der Waals surface area contributed by atoms with Crippen LogP contribution in [0.15, 0.2) is 18.2 Å². The first kappa shape index (κ1) is 11.3. The van der Waals surface area contributed by atoms with E-state index < -0.39 is 11.6 Å². The van der Waals surface area contributed by atoms with E-state index in [4.69, 9.17) is 4.74 Å². The number of benzene rings is 1. The normalized spacial score (nSPS) is 15.1. The highest BCUT2D eigenvalue weighted by molar-refractivity contribution is 5.24. The van der Waals surface area contributed by atoms with E-state index in [-0.39, 0.29) is 5.75 Å². The molecule has 0 aliphatic heterocycles. The fraction of sp³-hybridized carbons (Fsp3) is 0.500.